The molecule has 2 aromatic carbocycles. The molecule has 2 aromatic rings. The number of aliphatic carboxylic acids is 1. The molecule has 0 saturated carbocycles. The van der Waals surface area contributed by atoms with Crippen molar-refractivity contribution in [2.45, 2.75) is 9.65 Å². The van der Waals surface area contributed by atoms with E-state index in [9.17, 15) is 4.79 Å². The monoisotopic (exact) mass is 356 g/mol. The molecular weight excluding hydrogens is 348 g/mol. The minimum absolute atomic E-state index is 0.246. The van der Waals surface area contributed by atoms with Crippen molar-refractivity contribution in [3.05, 3.63) is 48.0 Å². The molecule has 1 N–H and O–H groups in total. The zero-order valence-electron chi connectivity index (χ0n) is 8.81. The number of rotatable bonds is 3. The Morgan fingerprint density at radius 2 is 1.71 bits per heavy atom. The number of benzene rings is 2. The van der Waals surface area contributed by atoms with E-state index in [1.54, 1.807) is 0 Å². The van der Waals surface area contributed by atoms with Crippen molar-refractivity contribution < 1.29 is 9.90 Å². The molecule has 0 aliphatic rings. The summed E-state index contributed by atoms with van der Waals surface area (Å²) in [6, 6.07) is 14.0. The van der Waals surface area contributed by atoms with Crippen LogP contribution in [-0.4, -0.2) is 15.9 Å². The van der Waals surface area contributed by atoms with Crippen molar-refractivity contribution in [1.82, 2.24) is 0 Å². The van der Waals surface area contributed by atoms with Gasteiger partial charge in [-0.3, -0.25) is 4.79 Å². The predicted molar refractivity (Wildman–Crippen MR) is 76.0 cm³/mol. The van der Waals surface area contributed by atoms with Crippen LogP contribution >= 0.6 is 31.9 Å². The van der Waals surface area contributed by atoms with Crippen LogP contribution in [0.4, 0.5) is 0 Å². The normalized spacial score (nSPS) is 14.5. The van der Waals surface area contributed by atoms with Crippen LogP contribution in [0.1, 0.15) is 10.4 Å². The molecule has 2 nitrogen and oxygen atoms in total. The van der Waals surface area contributed by atoms with Crippen molar-refractivity contribution in [3.8, 4) is 0 Å². The van der Waals surface area contributed by atoms with E-state index in [0.29, 0.717) is 0 Å². The minimum Gasteiger partial charge on any atom is -0.480 e. The average molecular weight is 358 g/mol. The second-order valence-electron chi connectivity index (χ2n) is 3.75. The highest BCUT2D eigenvalue weighted by atomic mass is 79.9. The molecule has 0 unspecified atom stereocenters. The number of carboxylic acid groups (broad SMARTS) is 1. The van der Waals surface area contributed by atoms with Gasteiger partial charge in [0.05, 0.1) is 4.83 Å². The zero-order chi connectivity index (χ0) is 12.4. The second-order valence-corrected chi connectivity index (χ2v) is 5.72. The van der Waals surface area contributed by atoms with Crippen LogP contribution in [-0.2, 0) is 4.79 Å². The van der Waals surface area contributed by atoms with Gasteiger partial charge >= 0.3 is 5.97 Å². The van der Waals surface area contributed by atoms with Gasteiger partial charge in [-0.2, -0.15) is 0 Å². The van der Waals surface area contributed by atoms with Gasteiger partial charge in [0.25, 0.3) is 0 Å². The van der Waals surface area contributed by atoms with E-state index >= 15 is 0 Å². The summed E-state index contributed by atoms with van der Waals surface area (Å²) in [5.41, 5.74) is 0.952. The predicted octanol–water partition coefficient (Wildman–Crippen LogP) is 4.12. The highest BCUT2D eigenvalue weighted by Gasteiger charge is 2.24. The Morgan fingerprint density at radius 3 is 2.35 bits per heavy atom. The quantitative estimate of drug-likeness (QED) is 0.839. The van der Waals surface area contributed by atoms with Crippen LogP contribution in [0.5, 0.6) is 0 Å². The molecule has 0 spiro atoms. The van der Waals surface area contributed by atoms with Gasteiger partial charge in [-0.05, 0) is 22.4 Å². The molecule has 0 saturated heterocycles. The maximum absolute atomic E-state index is 10.9. The highest BCUT2D eigenvalue weighted by Crippen LogP contribution is 2.33. The SMILES string of the molecule is O=C(O)[C@H](Br)[C@@H](Br)c1ccc2ccccc2c1. The molecule has 4 heteroatoms. The third-order valence-electron chi connectivity index (χ3n) is 2.58. The molecule has 0 aromatic heterocycles. The Morgan fingerprint density at radius 1 is 1.06 bits per heavy atom. The molecule has 0 aliphatic heterocycles. The van der Waals surface area contributed by atoms with Gasteiger partial charge < -0.3 is 5.11 Å². The molecule has 0 aliphatic carbocycles. The highest BCUT2D eigenvalue weighted by molar-refractivity contribution is 9.12. The lowest BCUT2D eigenvalue weighted by molar-refractivity contribution is -0.136. The van der Waals surface area contributed by atoms with E-state index in [1.165, 1.54) is 0 Å². The van der Waals surface area contributed by atoms with Gasteiger partial charge in [-0.15, -0.1) is 0 Å². The lowest BCUT2D eigenvalue weighted by atomic mass is 10.0. The summed E-state index contributed by atoms with van der Waals surface area (Å²) in [5.74, 6) is -0.875. The molecule has 17 heavy (non-hydrogen) atoms. The van der Waals surface area contributed by atoms with Crippen molar-refractivity contribution >= 4 is 48.6 Å². The third kappa shape index (κ3) is 2.69. The molecule has 0 fully saturated rings. The number of hydrogen-bond acceptors (Lipinski definition) is 1. The van der Waals surface area contributed by atoms with E-state index < -0.39 is 10.8 Å². The van der Waals surface area contributed by atoms with Gasteiger partial charge in [0.15, 0.2) is 0 Å². The standard InChI is InChI=1S/C13H10Br2O2/c14-11(12(15)13(16)17)10-6-5-8-3-1-2-4-9(8)7-10/h1-7,11-12H,(H,16,17)/t11-,12+/m0/s1. The number of carbonyl (C=O) groups is 1. The maximum atomic E-state index is 10.9. The summed E-state index contributed by atoms with van der Waals surface area (Å²) in [5, 5.41) is 11.2. The van der Waals surface area contributed by atoms with E-state index in [-0.39, 0.29) is 4.83 Å². The Labute approximate surface area is 116 Å². The van der Waals surface area contributed by atoms with Crippen LogP contribution in [0.15, 0.2) is 42.5 Å². The van der Waals surface area contributed by atoms with Crippen LogP contribution in [0.2, 0.25) is 0 Å². The van der Waals surface area contributed by atoms with Crippen LogP contribution in [0, 0.1) is 0 Å². The first kappa shape index (κ1) is 12.6. The first-order valence-corrected chi connectivity index (χ1v) is 6.92. The molecule has 0 radical (unpaired) electrons. The summed E-state index contributed by atoms with van der Waals surface area (Å²) in [4.78, 5) is 10.0. The minimum atomic E-state index is -0.875. The Hall–Kier alpha value is -0.870. The van der Waals surface area contributed by atoms with Crippen molar-refractivity contribution in [2.24, 2.45) is 0 Å². The lowest BCUT2D eigenvalue weighted by Gasteiger charge is -2.13. The third-order valence-corrected chi connectivity index (χ3v) is 5.27. The molecular formula is C13H10Br2O2. The average Bonchev–Trinajstić information content (AvgIpc) is 2.36. The molecule has 88 valence electrons. The van der Waals surface area contributed by atoms with Crippen LogP contribution in [0.25, 0.3) is 10.8 Å². The molecule has 2 atom stereocenters. The van der Waals surface area contributed by atoms with E-state index in [4.69, 9.17) is 5.11 Å². The molecule has 0 heterocycles. The number of halogens is 2. The van der Waals surface area contributed by atoms with Gasteiger partial charge in [0.1, 0.15) is 4.83 Å². The number of hydrogen-bond donors (Lipinski definition) is 1. The van der Waals surface area contributed by atoms with Gasteiger partial charge in [0, 0.05) is 0 Å². The Bertz CT molecular complexity index is 554. The van der Waals surface area contributed by atoms with Gasteiger partial charge in [0.2, 0.25) is 0 Å². The number of carboxylic acids is 1. The Balaban J connectivity index is 2.39. The van der Waals surface area contributed by atoms with E-state index in [2.05, 4.69) is 31.9 Å². The van der Waals surface area contributed by atoms with E-state index in [1.807, 2.05) is 42.5 Å². The van der Waals surface area contributed by atoms with Gasteiger partial charge in [-0.1, -0.05) is 68.3 Å². The summed E-state index contributed by atoms with van der Waals surface area (Å²) >= 11 is 6.57. The van der Waals surface area contributed by atoms with Crippen molar-refractivity contribution in [1.29, 1.82) is 0 Å². The largest absolute Gasteiger partial charge is 0.480 e. The number of fused-ring (bicyclic) bond motifs is 1. The molecule has 0 bridgehead atoms. The van der Waals surface area contributed by atoms with Crippen molar-refractivity contribution in [2.75, 3.05) is 0 Å². The Kier molecular flexibility index (Phi) is 3.84. The number of alkyl halides is 2. The zero-order valence-corrected chi connectivity index (χ0v) is 12.0. The summed E-state index contributed by atoms with van der Waals surface area (Å²) in [6.45, 7) is 0. The fourth-order valence-electron chi connectivity index (χ4n) is 1.67. The summed E-state index contributed by atoms with van der Waals surface area (Å²) in [6.07, 6.45) is 0. The van der Waals surface area contributed by atoms with Gasteiger partial charge in [-0.25, -0.2) is 0 Å². The first-order chi connectivity index (χ1) is 8.09. The van der Waals surface area contributed by atoms with Crippen LogP contribution < -0.4 is 0 Å². The summed E-state index contributed by atoms with van der Waals surface area (Å²) < 4.78 is 0. The molecule has 2 rings (SSSR count). The fourth-order valence-corrected chi connectivity index (χ4v) is 2.49. The topological polar surface area (TPSA) is 37.3 Å². The first-order valence-electron chi connectivity index (χ1n) is 5.09. The summed E-state index contributed by atoms with van der Waals surface area (Å²) in [7, 11) is 0. The fraction of sp³-hybridized carbons (Fsp3) is 0.154. The maximum Gasteiger partial charge on any atom is 0.318 e. The lowest BCUT2D eigenvalue weighted by Crippen LogP contribution is -2.17. The molecule has 0 amide bonds. The smallest absolute Gasteiger partial charge is 0.318 e. The van der Waals surface area contributed by atoms with Crippen LogP contribution in [0.3, 0.4) is 0 Å². The second kappa shape index (κ2) is 5.19. The van der Waals surface area contributed by atoms with Crippen molar-refractivity contribution in [3.63, 3.8) is 0 Å². The van der Waals surface area contributed by atoms with E-state index in [0.717, 1.165) is 16.3 Å².